The monoisotopic (exact) mass is 405 g/mol. The SMILES string of the molecule is CC[C@@H](C)[C@@H](NC(=O)CCN1C(=O)c2cccnc2C1=O)c1nc2ccccc2[nH]1. The number of aromatic amines is 1. The molecule has 0 saturated heterocycles. The first kappa shape index (κ1) is 19.8. The second-order valence-corrected chi connectivity index (χ2v) is 7.48. The minimum atomic E-state index is -0.459. The predicted octanol–water partition coefficient (Wildman–Crippen LogP) is 2.85. The van der Waals surface area contributed by atoms with Gasteiger partial charge in [-0.05, 0) is 30.2 Å². The number of fused-ring (bicyclic) bond motifs is 2. The van der Waals surface area contributed by atoms with Gasteiger partial charge in [-0.25, -0.2) is 4.98 Å². The van der Waals surface area contributed by atoms with Gasteiger partial charge < -0.3 is 10.3 Å². The van der Waals surface area contributed by atoms with Gasteiger partial charge in [0.1, 0.15) is 11.5 Å². The Kier molecular flexibility index (Phi) is 5.31. The quantitative estimate of drug-likeness (QED) is 0.588. The predicted molar refractivity (Wildman–Crippen MR) is 111 cm³/mol. The summed E-state index contributed by atoms with van der Waals surface area (Å²) in [7, 11) is 0. The van der Waals surface area contributed by atoms with Crippen LogP contribution in [0.5, 0.6) is 0 Å². The zero-order valence-corrected chi connectivity index (χ0v) is 16.9. The Hall–Kier alpha value is -3.55. The molecule has 0 aliphatic carbocycles. The molecule has 154 valence electrons. The topological polar surface area (TPSA) is 108 Å². The van der Waals surface area contributed by atoms with E-state index in [1.807, 2.05) is 31.2 Å². The lowest BCUT2D eigenvalue weighted by Gasteiger charge is -2.23. The van der Waals surface area contributed by atoms with Crippen LogP contribution in [0.15, 0.2) is 42.6 Å². The Morgan fingerprint density at radius 3 is 2.70 bits per heavy atom. The highest BCUT2D eigenvalue weighted by atomic mass is 16.2. The third kappa shape index (κ3) is 3.56. The minimum absolute atomic E-state index is 0.00716. The number of nitrogens with one attached hydrogen (secondary N) is 2. The van der Waals surface area contributed by atoms with Crippen LogP contribution in [0.1, 0.15) is 59.4 Å². The van der Waals surface area contributed by atoms with E-state index in [1.165, 1.54) is 6.20 Å². The molecule has 1 aliphatic heterocycles. The second-order valence-electron chi connectivity index (χ2n) is 7.48. The number of aromatic nitrogens is 3. The van der Waals surface area contributed by atoms with E-state index >= 15 is 0 Å². The van der Waals surface area contributed by atoms with Gasteiger partial charge in [0.05, 0.1) is 22.6 Å². The minimum Gasteiger partial charge on any atom is -0.346 e. The lowest BCUT2D eigenvalue weighted by molar-refractivity contribution is -0.122. The highest BCUT2D eigenvalue weighted by Crippen LogP contribution is 2.25. The summed E-state index contributed by atoms with van der Waals surface area (Å²) in [5.41, 5.74) is 2.17. The molecule has 1 aromatic carbocycles. The number of amides is 3. The number of pyridine rings is 1. The Bertz CT molecular complexity index is 1050. The molecule has 0 fully saturated rings. The van der Waals surface area contributed by atoms with Crippen molar-refractivity contribution in [2.45, 2.75) is 32.7 Å². The summed E-state index contributed by atoms with van der Waals surface area (Å²) >= 11 is 0. The fourth-order valence-electron chi connectivity index (χ4n) is 3.61. The molecule has 0 bridgehead atoms. The number of H-pyrrole nitrogens is 1. The molecule has 0 spiro atoms. The molecule has 3 aromatic rings. The fraction of sp³-hybridized carbons (Fsp3) is 0.318. The normalized spacial score (nSPS) is 15.3. The van der Waals surface area contributed by atoms with Crippen molar-refractivity contribution in [2.75, 3.05) is 6.54 Å². The van der Waals surface area contributed by atoms with Crippen LogP contribution in [0.4, 0.5) is 0 Å². The largest absolute Gasteiger partial charge is 0.346 e. The summed E-state index contributed by atoms with van der Waals surface area (Å²) in [6.45, 7) is 4.11. The standard InChI is InChI=1S/C22H23N5O3/c1-3-13(2)18(20-24-15-8-4-5-9-16(15)25-20)26-17(28)10-12-27-21(29)14-7-6-11-23-19(14)22(27)30/h4-9,11,13,18H,3,10,12H2,1-2H3,(H,24,25)(H,26,28)/t13-,18-/m1/s1. The van der Waals surface area contributed by atoms with Crippen LogP contribution in [0.25, 0.3) is 11.0 Å². The maximum absolute atomic E-state index is 12.7. The van der Waals surface area contributed by atoms with Gasteiger partial charge in [0.2, 0.25) is 5.91 Å². The van der Waals surface area contributed by atoms with Crippen molar-refractivity contribution >= 4 is 28.8 Å². The number of nitrogens with zero attached hydrogens (tertiary/aromatic N) is 3. The Morgan fingerprint density at radius 2 is 1.97 bits per heavy atom. The lowest BCUT2D eigenvalue weighted by atomic mass is 9.98. The van der Waals surface area contributed by atoms with E-state index in [0.29, 0.717) is 5.82 Å². The molecule has 0 saturated carbocycles. The van der Waals surface area contributed by atoms with Crippen LogP contribution in [0, 0.1) is 5.92 Å². The number of rotatable bonds is 7. The molecule has 4 rings (SSSR count). The van der Waals surface area contributed by atoms with Crippen LogP contribution < -0.4 is 5.32 Å². The van der Waals surface area contributed by atoms with Gasteiger partial charge in [0.25, 0.3) is 11.8 Å². The Labute approximate surface area is 173 Å². The van der Waals surface area contributed by atoms with Crippen molar-refractivity contribution in [1.82, 2.24) is 25.2 Å². The molecular formula is C22H23N5O3. The van der Waals surface area contributed by atoms with Crippen LogP contribution >= 0.6 is 0 Å². The van der Waals surface area contributed by atoms with Gasteiger partial charge in [0, 0.05) is 19.2 Å². The van der Waals surface area contributed by atoms with Crippen molar-refractivity contribution in [2.24, 2.45) is 5.92 Å². The molecule has 3 amide bonds. The average Bonchev–Trinajstić information content (AvgIpc) is 3.30. The van der Waals surface area contributed by atoms with Crippen molar-refractivity contribution in [3.8, 4) is 0 Å². The number of carbonyl (C=O) groups is 3. The number of hydrogen-bond acceptors (Lipinski definition) is 5. The first-order valence-electron chi connectivity index (χ1n) is 10.0. The summed E-state index contributed by atoms with van der Waals surface area (Å²) in [4.78, 5) is 50.5. The van der Waals surface area contributed by atoms with E-state index in [0.717, 1.165) is 22.4 Å². The van der Waals surface area contributed by atoms with Gasteiger partial charge >= 0.3 is 0 Å². The summed E-state index contributed by atoms with van der Waals surface area (Å²) in [5.74, 6) is -0.266. The van der Waals surface area contributed by atoms with Crippen LogP contribution in [0.3, 0.4) is 0 Å². The molecule has 2 aromatic heterocycles. The van der Waals surface area contributed by atoms with Crippen molar-refractivity contribution in [3.63, 3.8) is 0 Å². The Morgan fingerprint density at radius 1 is 1.17 bits per heavy atom. The lowest BCUT2D eigenvalue weighted by Crippen LogP contribution is -2.37. The number of benzene rings is 1. The molecule has 3 heterocycles. The van der Waals surface area contributed by atoms with Gasteiger partial charge in [-0.2, -0.15) is 0 Å². The number of imide groups is 1. The van der Waals surface area contributed by atoms with Crippen LogP contribution in [-0.4, -0.2) is 44.1 Å². The number of hydrogen-bond donors (Lipinski definition) is 2. The highest BCUT2D eigenvalue weighted by molar-refractivity contribution is 6.20. The van der Waals surface area contributed by atoms with Crippen LogP contribution in [-0.2, 0) is 4.79 Å². The molecule has 8 heteroatoms. The zero-order valence-electron chi connectivity index (χ0n) is 16.9. The van der Waals surface area contributed by atoms with Crippen LogP contribution in [0.2, 0.25) is 0 Å². The molecule has 1 aliphatic rings. The maximum atomic E-state index is 12.7. The van der Waals surface area contributed by atoms with Gasteiger partial charge in [-0.15, -0.1) is 0 Å². The molecule has 0 unspecified atom stereocenters. The van der Waals surface area contributed by atoms with Crippen molar-refractivity contribution < 1.29 is 14.4 Å². The van der Waals surface area contributed by atoms with Gasteiger partial charge in [-0.3, -0.25) is 24.3 Å². The third-order valence-electron chi connectivity index (χ3n) is 5.53. The summed E-state index contributed by atoms with van der Waals surface area (Å²) in [6.07, 6.45) is 2.34. The first-order chi connectivity index (χ1) is 14.5. The summed E-state index contributed by atoms with van der Waals surface area (Å²) < 4.78 is 0. The van der Waals surface area contributed by atoms with E-state index in [4.69, 9.17) is 0 Å². The number of carbonyl (C=O) groups excluding carboxylic acids is 3. The molecule has 2 N–H and O–H groups in total. The number of para-hydroxylation sites is 2. The van der Waals surface area contributed by atoms with Crippen molar-refractivity contribution in [1.29, 1.82) is 0 Å². The molecule has 0 radical (unpaired) electrons. The van der Waals surface area contributed by atoms with E-state index < -0.39 is 11.8 Å². The summed E-state index contributed by atoms with van der Waals surface area (Å²) in [5, 5.41) is 3.02. The molecule has 8 nitrogen and oxygen atoms in total. The first-order valence-corrected chi connectivity index (χ1v) is 10.0. The molecular weight excluding hydrogens is 382 g/mol. The molecule has 30 heavy (non-hydrogen) atoms. The molecule has 2 atom stereocenters. The smallest absolute Gasteiger partial charge is 0.280 e. The maximum Gasteiger partial charge on any atom is 0.280 e. The van der Waals surface area contributed by atoms with E-state index in [9.17, 15) is 14.4 Å². The zero-order chi connectivity index (χ0) is 21.3. The second kappa shape index (κ2) is 8.06. The van der Waals surface area contributed by atoms with E-state index in [1.54, 1.807) is 12.1 Å². The van der Waals surface area contributed by atoms with Gasteiger partial charge in [0.15, 0.2) is 0 Å². The average molecular weight is 405 g/mol. The van der Waals surface area contributed by atoms with E-state index in [2.05, 4.69) is 27.2 Å². The fourth-order valence-corrected chi connectivity index (χ4v) is 3.61. The highest BCUT2D eigenvalue weighted by Gasteiger charge is 2.36. The number of imidazole rings is 1. The third-order valence-corrected chi connectivity index (χ3v) is 5.53. The van der Waals surface area contributed by atoms with E-state index in [-0.39, 0.29) is 42.1 Å². The summed E-state index contributed by atoms with van der Waals surface area (Å²) in [6, 6.07) is 10.6. The van der Waals surface area contributed by atoms with Gasteiger partial charge in [-0.1, -0.05) is 32.4 Å². The Balaban J connectivity index is 1.45. The van der Waals surface area contributed by atoms with Crippen molar-refractivity contribution in [3.05, 3.63) is 59.7 Å².